The Morgan fingerprint density at radius 2 is 1.68 bits per heavy atom. The molecule has 0 saturated carbocycles. The van der Waals surface area contributed by atoms with Gasteiger partial charge in [0.15, 0.2) is 0 Å². The van der Waals surface area contributed by atoms with Crippen LogP contribution >= 0.6 is 11.3 Å². The van der Waals surface area contributed by atoms with Gasteiger partial charge in [0.1, 0.15) is 0 Å². The average molecular weight is 279 g/mol. The van der Waals surface area contributed by atoms with Gasteiger partial charge in [0, 0.05) is 28.9 Å². The second-order valence-corrected chi connectivity index (χ2v) is 7.43. The van der Waals surface area contributed by atoms with Crippen molar-refractivity contribution in [3.05, 3.63) is 11.4 Å². The van der Waals surface area contributed by atoms with Gasteiger partial charge in [-0.25, -0.2) is 0 Å². The number of hydrogen-bond donors (Lipinski definition) is 0. The lowest BCUT2D eigenvalue weighted by Crippen LogP contribution is -2.41. The molecule has 0 aromatic carbocycles. The average Bonchev–Trinajstić information content (AvgIpc) is 3.00. The molecule has 2 aliphatic rings. The Morgan fingerprint density at radius 1 is 1.11 bits per heavy atom. The molecule has 3 rings (SSSR count). The summed E-state index contributed by atoms with van der Waals surface area (Å²) in [4.78, 5) is 2.45. The van der Waals surface area contributed by atoms with Crippen LogP contribution in [0.25, 0.3) is 0 Å². The van der Waals surface area contributed by atoms with Gasteiger partial charge in [0.2, 0.25) is 0 Å². The molecule has 1 aromatic rings. The third-order valence-corrected chi connectivity index (χ3v) is 5.50. The summed E-state index contributed by atoms with van der Waals surface area (Å²) in [6, 6.07) is 2.23. The van der Waals surface area contributed by atoms with E-state index in [9.17, 15) is 0 Å². The van der Waals surface area contributed by atoms with Crippen molar-refractivity contribution in [2.24, 2.45) is 0 Å². The summed E-state index contributed by atoms with van der Waals surface area (Å²) in [5.41, 5.74) is 0.817. The lowest BCUT2D eigenvalue weighted by molar-refractivity contribution is 0.00578. The highest BCUT2D eigenvalue weighted by Crippen LogP contribution is 2.37. The van der Waals surface area contributed by atoms with Crippen molar-refractivity contribution in [2.75, 3.05) is 18.0 Å². The molecule has 1 aromatic heterocycles. The van der Waals surface area contributed by atoms with Gasteiger partial charge in [-0.05, 0) is 46.6 Å². The lowest BCUT2D eigenvalue weighted by atomic mass is 9.88. The molecule has 0 radical (unpaired) electrons. The predicted octanol–water partition coefficient (Wildman–Crippen LogP) is 2.65. The van der Waals surface area contributed by atoms with Gasteiger partial charge in [0.25, 0.3) is 0 Å². The van der Waals surface area contributed by atoms with Crippen molar-refractivity contribution in [1.82, 2.24) is 0 Å². The third-order valence-electron chi connectivity index (χ3n) is 4.56. The number of thiophene rings is 1. The molecule has 0 spiro atoms. The Balaban J connectivity index is 1.77. The Labute approximate surface area is 120 Å². The van der Waals surface area contributed by atoms with Crippen molar-refractivity contribution >= 4 is 28.9 Å². The minimum Gasteiger partial charge on any atom is -0.399 e. The maximum Gasteiger partial charge on any atom is 0.505 e. The summed E-state index contributed by atoms with van der Waals surface area (Å²) in [6.45, 7) is 10.8. The first-order chi connectivity index (χ1) is 8.89. The van der Waals surface area contributed by atoms with E-state index < -0.39 is 0 Å². The van der Waals surface area contributed by atoms with Gasteiger partial charge in [-0.1, -0.05) is 0 Å². The minimum absolute atomic E-state index is 0.216. The Morgan fingerprint density at radius 3 is 2.26 bits per heavy atom. The Kier molecular flexibility index (Phi) is 3.19. The number of hydrogen-bond acceptors (Lipinski definition) is 4. The summed E-state index contributed by atoms with van der Waals surface area (Å²) >= 11 is 1.74. The second kappa shape index (κ2) is 4.50. The molecule has 2 aliphatic heterocycles. The van der Waals surface area contributed by atoms with E-state index >= 15 is 0 Å². The van der Waals surface area contributed by atoms with Gasteiger partial charge in [-0.2, -0.15) is 11.3 Å². The van der Waals surface area contributed by atoms with Crippen LogP contribution in [0.5, 0.6) is 0 Å². The zero-order valence-corrected chi connectivity index (χ0v) is 13.0. The van der Waals surface area contributed by atoms with Crippen LogP contribution in [0, 0.1) is 0 Å². The zero-order valence-electron chi connectivity index (χ0n) is 12.2. The van der Waals surface area contributed by atoms with Gasteiger partial charge < -0.3 is 14.2 Å². The highest BCUT2D eigenvalue weighted by Gasteiger charge is 2.52. The van der Waals surface area contributed by atoms with Crippen LogP contribution in [0.15, 0.2) is 11.4 Å². The van der Waals surface area contributed by atoms with Crippen LogP contribution in [0.4, 0.5) is 5.69 Å². The smallest absolute Gasteiger partial charge is 0.399 e. The number of nitrogens with zero attached hydrogens (tertiary/aromatic N) is 1. The first-order valence-corrected chi connectivity index (χ1v) is 7.96. The Hall–Kier alpha value is -0.515. The maximum absolute atomic E-state index is 6.10. The van der Waals surface area contributed by atoms with Gasteiger partial charge in [-0.3, -0.25) is 0 Å². The first-order valence-electron chi connectivity index (χ1n) is 7.08. The molecule has 0 atom stereocenters. The highest BCUT2D eigenvalue weighted by molar-refractivity contribution is 7.21. The molecule has 5 heteroatoms. The van der Waals surface area contributed by atoms with Crippen LogP contribution in [0.2, 0.25) is 0 Å². The molecule has 104 valence electrons. The molecule has 0 bridgehead atoms. The van der Waals surface area contributed by atoms with Crippen LogP contribution in [0.3, 0.4) is 0 Å². The van der Waals surface area contributed by atoms with Crippen molar-refractivity contribution in [1.29, 1.82) is 0 Å². The summed E-state index contributed by atoms with van der Waals surface area (Å²) in [5, 5.41) is 2.23. The summed E-state index contributed by atoms with van der Waals surface area (Å²) in [5.74, 6) is 0. The summed E-state index contributed by atoms with van der Waals surface area (Å²) in [6.07, 6.45) is 2.61. The SMILES string of the molecule is CC1(C)OB(c2cc(N3CCCC3)cs2)OC1(C)C. The van der Waals surface area contributed by atoms with E-state index in [1.807, 2.05) is 0 Å². The second-order valence-electron chi connectivity index (χ2n) is 6.49. The molecule has 0 amide bonds. The molecule has 0 unspecified atom stereocenters. The molecule has 2 saturated heterocycles. The first kappa shape index (κ1) is 13.5. The molecule has 0 aliphatic carbocycles. The maximum atomic E-state index is 6.10. The standard InChI is InChI=1S/C14H22BNO2S/c1-13(2)14(3,4)18-15(17-13)12-9-11(10-19-12)16-7-5-6-8-16/h9-10H,5-8H2,1-4H3. The van der Waals surface area contributed by atoms with E-state index in [1.54, 1.807) is 11.3 Å². The molecular weight excluding hydrogens is 257 g/mol. The van der Waals surface area contributed by atoms with Crippen molar-refractivity contribution in [3.8, 4) is 0 Å². The summed E-state index contributed by atoms with van der Waals surface area (Å²) < 4.78 is 13.4. The van der Waals surface area contributed by atoms with Crippen LogP contribution in [-0.4, -0.2) is 31.4 Å². The van der Waals surface area contributed by atoms with E-state index in [1.165, 1.54) is 36.4 Å². The fourth-order valence-electron chi connectivity index (χ4n) is 2.57. The van der Waals surface area contributed by atoms with Crippen LogP contribution in [-0.2, 0) is 9.31 Å². The molecule has 3 heterocycles. The molecule has 19 heavy (non-hydrogen) atoms. The normalized spacial score (nSPS) is 25.3. The van der Waals surface area contributed by atoms with Crippen LogP contribution in [0.1, 0.15) is 40.5 Å². The van der Waals surface area contributed by atoms with E-state index in [2.05, 4.69) is 44.0 Å². The highest BCUT2D eigenvalue weighted by atomic mass is 32.1. The minimum atomic E-state index is -0.254. The van der Waals surface area contributed by atoms with Gasteiger partial charge >= 0.3 is 7.12 Å². The van der Waals surface area contributed by atoms with Gasteiger partial charge in [-0.15, -0.1) is 0 Å². The molecule has 2 fully saturated rings. The quantitative estimate of drug-likeness (QED) is 0.777. The van der Waals surface area contributed by atoms with Crippen LogP contribution < -0.4 is 9.68 Å². The largest absolute Gasteiger partial charge is 0.505 e. The third kappa shape index (κ3) is 2.32. The van der Waals surface area contributed by atoms with E-state index in [0.717, 1.165) is 0 Å². The van der Waals surface area contributed by atoms with E-state index in [-0.39, 0.29) is 18.3 Å². The topological polar surface area (TPSA) is 21.7 Å². The Bertz CT molecular complexity index is 450. The van der Waals surface area contributed by atoms with Crippen molar-refractivity contribution in [2.45, 2.75) is 51.7 Å². The predicted molar refractivity (Wildman–Crippen MR) is 81.5 cm³/mol. The molecule has 3 nitrogen and oxygen atoms in total. The molecular formula is C14H22BNO2S. The van der Waals surface area contributed by atoms with Crippen molar-refractivity contribution < 1.29 is 9.31 Å². The molecule has 0 N–H and O–H groups in total. The van der Waals surface area contributed by atoms with E-state index in [4.69, 9.17) is 9.31 Å². The number of anilines is 1. The van der Waals surface area contributed by atoms with Crippen molar-refractivity contribution in [3.63, 3.8) is 0 Å². The van der Waals surface area contributed by atoms with E-state index in [0.29, 0.717) is 0 Å². The monoisotopic (exact) mass is 279 g/mol. The zero-order chi connectivity index (χ0) is 13.7. The fraction of sp³-hybridized carbons (Fsp3) is 0.714. The fourth-order valence-corrected chi connectivity index (χ4v) is 3.44. The summed E-state index contributed by atoms with van der Waals surface area (Å²) in [7, 11) is -0.216. The lowest BCUT2D eigenvalue weighted by Gasteiger charge is -2.32. The number of rotatable bonds is 2. The van der Waals surface area contributed by atoms with Gasteiger partial charge in [0.05, 0.1) is 11.2 Å².